The lowest BCUT2D eigenvalue weighted by molar-refractivity contribution is 0.661. The van der Waals surface area contributed by atoms with Crippen LogP contribution in [0.25, 0.3) is 133 Å². The van der Waals surface area contributed by atoms with E-state index in [-0.39, 0.29) is 5.41 Å². The van der Waals surface area contributed by atoms with Crippen LogP contribution in [-0.4, -0.2) is 24.1 Å². The highest BCUT2D eigenvalue weighted by molar-refractivity contribution is 6.18. The molecular formula is C66H43N5O. The van der Waals surface area contributed by atoms with Crippen LogP contribution in [0.2, 0.25) is 0 Å². The fourth-order valence-electron chi connectivity index (χ4n) is 11.7. The molecule has 6 heteroatoms. The van der Waals surface area contributed by atoms with Crippen molar-refractivity contribution in [2.45, 2.75) is 19.3 Å². The third kappa shape index (κ3) is 6.05. The summed E-state index contributed by atoms with van der Waals surface area (Å²) in [4.78, 5) is 15.2. The van der Waals surface area contributed by atoms with Crippen molar-refractivity contribution >= 4 is 65.6 Å². The maximum absolute atomic E-state index is 6.81. The largest absolute Gasteiger partial charge is 0.456 e. The molecular weight excluding hydrogens is 879 g/mol. The summed E-state index contributed by atoms with van der Waals surface area (Å²) >= 11 is 0. The van der Waals surface area contributed by atoms with Crippen molar-refractivity contribution in [2.24, 2.45) is 0 Å². The molecule has 0 bridgehead atoms. The minimum absolute atomic E-state index is 0.174. The van der Waals surface area contributed by atoms with E-state index in [0.717, 1.165) is 77.7 Å². The average molecular weight is 922 g/mol. The van der Waals surface area contributed by atoms with E-state index in [0.29, 0.717) is 17.5 Å². The first-order chi connectivity index (χ1) is 35.4. The van der Waals surface area contributed by atoms with E-state index in [1.54, 1.807) is 0 Å². The second kappa shape index (κ2) is 15.3. The fraction of sp³-hybridized carbons (Fsp3) is 0.0455. The average Bonchev–Trinajstić information content (AvgIpc) is 4.14. The minimum Gasteiger partial charge on any atom is -0.456 e. The molecule has 0 saturated heterocycles. The Bertz CT molecular complexity index is 4470. The van der Waals surface area contributed by atoms with Crippen LogP contribution in [0.4, 0.5) is 0 Å². The van der Waals surface area contributed by atoms with Gasteiger partial charge in [-0.3, -0.25) is 0 Å². The molecule has 0 spiro atoms. The van der Waals surface area contributed by atoms with Gasteiger partial charge in [-0.1, -0.05) is 159 Å². The number of para-hydroxylation sites is 2. The van der Waals surface area contributed by atoms with E-state index in [9.17, 15) is 0 Å². The molecule has 338 valence electrons. The van der Waals surface area contributed by atoms with Crippen LogP contribution in [0.15, 0.2) is 229 Å². The predicted octanol–water partition coefficient (Wildman–Crippen LogP) is 16.9. The zero-order chi connectivity index (χ0) is 47.7. The summed E-state index contributed by atoms with van der Waals surface area (Å²) in [7, 11) is 0. The smallest absolute Gasteiger partial charge is 0.164 e. The van der Waals surface area contributed by atoms with Gasteiger partial charge in [0.05, 0.1) is 22.1 Å². The lowest BCUT2D eigenvalue weighted by Gasteiger charge is -2.21. The number of rotatable bonds is 6. The van der Waals surface area contributed by atoms with Gasteiger partial charge in [-0.15, -0.1) is 0 Å². The van der Waals surface area contributed by atoms with Crippen LogP contribution in [-0.2, 0) is 5.41 Å². The monoisotopic (exact) mass is 921 g/mol. The topological polar surface area (TPSA) is 61.7 Å². The van der Waals surface area contributed by atoms with Crippen molar-refractivity contribution in [2.75, 3.05) is 0 Å². The van der Waals surface area contributed by atoms with Gasteiger partial charge in [0.1, 0.15) is 11.2 Å². The van der Waals surface area contributed by atoms with E-state index in [4.69, 9.17) is 19.4 Å². The molecule has 4 aromatic heterocycles. The number of fused-ring (bicyclic) bond motifs is 12. The number of nitrogens with zero attached hydrogens (tertiary/aromatic N) is 5. The molecule has 6 nitrogen and oxygen atoms in total. The van der Waals surface area contributed by atoms with Crippen LogP contribution in [0.1, 0.15) is 25.0 Å². The normalized spacial score (nSPS) is 13.0. The van der Waals surface area contributed by atoms with Gasteiger partial charge in [0.15, 0.2) is 17.5 Å². The molecule has 15 rings (SSSR count). The van der Waals surface area contributed by atoms with Crippen molar-refractivity contribution < 1.29 is 4.42 Å². The Balaban J connectivity index is 0.906. The highest BCUT2D eigenvalue weighted by atomic mass is 16.3. The SMILES string of the molecule is CC1(C)c2ccccc2-c2cc3c4cc(-c5ccc6c(c5)oc5cc7c(cc56)c5ccccc5n7-c5ccccc5)ccc4n(-c4cccc(-c5nc(-c6ccccc6)nc(-c6ccccc6)n5)c4)c3cc21. The summed E-state index contributed by atoms with van der Waals surface area (Å²) in [5.74, 6) is 1.89. The molecule has 14 aromatic rings. The zero-order valence-corrected chi connectivity index (χ0v) is 39.5. The van der Waals surface area contributed by atoms with Crippen molar-refractivity contribution in [3.8, 4) is 67.8 Å². The van der Waals surface area contributed by atoms with Gasteiger partial charge < -0.3 is 13.6 Å². The van der Waals surface area contributed by atoms with Gasteiger partial charge >= 0.3 is 0 Å². The molecule has 1 aliphatic rings. The minimum atomic E-state index is -0.174. The Hall–Kier alpha value is -9.39. The second-order valence-electron chi connectivity index (χ2n) is 19.6. The van der Waals surface area contributed by atoms with Crippen molar-refractivity contribution in [3.63, 3.8) is 0 Å². The molecule has 10 aromatic carbocycles. The Morgan fingerprint density at radius 1 is 0.319 bits per heavy atom. The van der Waals surface area contributed by atoms with Crippen LogP contribution in [0, 0.1) is 0 Å². The first-order valence-corrected chi connectivity index (χ1v) is 24.6. The Labute approximate surface area is 414 Å². The van der Waals surface area contributed by atoms with Crippen LogP contribution >= 0.6 is 0 Å². The van der Waals surface area contributed by atoms with E-state index < -0.39 is 0 Å². The standard InChI is InChI=1S/C66H43N5O/c1-66(2)55-27-14-12-25-47(55)50-36-53-51-34-42(43-29-31-49-54-37-52-48-26-13-15-28-57(48)70(45-22-10-5-11-23-45)60(52)39-62(54)72-61(49)35-43)30-32-58(51)71(59(53)38-56(50)66)46-24-16-21-44(33-46)65-68-63(40-17-6-3-7-18-40)67-64(69-65)41-19-8-4-9-20-41/h3-39H,1-2H3. The number of furan rings is 1. The lowest BCUT2D eigenvalue weighted by atomic mass is 9.82. The van der Waals surface area contributed by atoms with Crippen molar-refractivity contribution in [1.82, 2.24) is 24.1 Å². The molecule has 0 saturated carbocycles. The Kier molecular flexibility index (Phi) is 8.61. The van der Waals surface area contributed by atoms with E-state index in [2.05, 4.69) is 187 Å². The molecule has 0 N–H and O–H groups in total. The van der Waals surface area contributed by atoms with Gasteiger partial charge in [0.2, 0.25) is 0 Å². The summed E-state index contributed by atoms with van der Waals surface area (Å²) in [6, 6.07) is 80.1. The first kappa shape index (κ1) is 40.5. The van der Waals surface area contributed by atoms with Crippen molar-refractivity contribution in [3.05, 3.63) is 236 Å². The number of aromatic nitrogens is 5. The molecule has 72 heavy (non-hydrogen) atoms. The maximum atomic E-state index is 6.81. The van der Waals surface area contributed by atoms with Gasteiger partial charge in [-0.05, 0) is 106 Å². The Morgan fingerprint density at radius 3 is 1.65 bits per heavy atom. The number of benzene rings is 10. The quantitative estimate of drug-likeness (QED) is 0.167. The van der Waals surface area contributed by atoms with E-state index >= 15 is 0 Å². The lowest BCUT2D eigenvalue weighted by Crippen LogP contribution is -2.14. The molecule has 0 fully saturated rings. The highest BCUT2D eigenvalue weighted by Gasteiger charge is 2.36. The molecule has 0 radical (unpaired) electrons. The molecule has 4 heterocycles. The third-order valence-electron chi connectivity index (χ3n) is 15.1. The van der Waals surface area contributed by atoms with Gasteiger partial charge in [-0.25, -0.2) is 15.0 Å². The summed E-state index contributed by atoms with van der Waals surface area (Å²) < 4.78 is 11.6. The fourth-order valence-corrected chi connectivity index (χ4v) is 11.7. The van der Waals surface area contributed by atoms with E-state index in [1.807, 2.05) is 60.7 Å². The Morgan fingerprint density at radius 2 is 0.875 bits per heavy atom. The number of hydrogen-bond donors (Lipinski definition) is 0. The second-order valence-corrected chi connectivity index (χ2v) is 19.6. The van der Waals surface area contributed by atoms with Crippen molar-refractivity contribution in [1.29, 1.82) is 0 Å². The maximum Gasteiger partial charge on any atom is 0.164 e. The predicted molar refractivity (Wildman–Crippen MR) is 295 cm³/mol. The molecule has 0 amide bonds. The summed E-state index contributed by atoms with van der Waals surface area (Å²) in [5.41, 5.74) is 18.6. The zero-order valence-electron chi connectivity index (χ0n) is 39.5. The molecule has 0 unspecified atom stereocenters. The van der Waals surface area contributed by atoms with Gasteiger partial charge in [-0.2, -0.15) is 0 Å². The van der Waals surface area contributed by atoms with Crippen LogP contribution in [0.3, 0.4) is 0 Å². The third-order valence-corrected chi connectivity index (χ3v) is 15.1. The summed E-state index contributed by atoms with van der Waals surface area (Å²) in [6.45, 7) is 4.70. The van der Waals surface area contributed by atoms with Crippen LogP contribution < -0.4 is 0 Å². The van der Waals surface area contributed by atoms with Gasteiger partial charge in [0.25, 0.3) is 0 Å². The summed E-state index contributed by atoms with van der Waals surface area (Å²) in [6.07, 6.45) is 0. The van der Waals surface area contributed by atoms with Crippen LogP contribution in [0.5, 0.6) is 0 Å². The van der Waals surface area contributed by atoms with Gasteiger partial charge in [0, 0.05) is 71.9 Å². The number of hydrogen-bond acceptors (Lipinski definition) is 4. The molecule has 0 aliphatic heterocycles. The highest BCUT2D eigenvalue weighted by Crippen LogP contribution is 2.51. The first-order valence-electron chi connectivity index (χ1n) is 24.6. The van der Waals surface area contributed by atoms with E-state index in [1.165, 1.54) is 49.3 Å². The summed E-state index contributed by atoms with van der Waals surface area (Å²) in [5, 5.41) is 7.02. The molecule has 1 aliphatic carbocycles. The molecule has 0 atom stereocenters.